The van der Waals surface area contributed by atoms with Crippen LogP contribution in [0, 0.1) is 0 Å². The van der Waals surface area contributed by atoms with Gasteiger partial charge in [0.15, 0.2) is 0 Å². The van der Waals surface area contributed by atoms with E-state index in [1.807, 2.05) is 12.1 Å². The predicted octanol–water partition coefficient (Wildman–Crippen LogP) is 6.41. The maximum absolute atomic E-state index is 6.27. The molecular weight excluding hydrogens is 328 g/mol. The van der Waals surface area contributed by atoms with Crippen molar-refractivity contribution in [2.24, 2.45) is 0 Å². The van der Waals surface area contributed by atoms with Gasteiger partial charge in [0, 0.05) is 11.1 Å². The first-order chi connectivity index (χ1) is 13.3. The zero-order chi connectivity index (χ0) is 18.4. The molecule has 0 bridgehead atoms. The second kappa shape index (κ2) is 5.85. The molecule has 3 aromatic carbocycles. The van der Waals surface area contributed by atoms with Gasteiger partial charge in [-0.1, -0.05) is 85.5 Å². The molecule has 0 amide bonds. The summed E-state index contributed by atoms with van der Waals surface area (Å²) in [4.78, 5) is 0. The lowest BCUT2D eigenvalue weighted by molar-refractivity contribution is 0.403. The molecule has 130 valence electrons. The Kier molecular flexibility index (Phi) is 3.45. The molecule has 2 aliphatic rings. The monoisotopic (exact) mass is 348 g/mol. The highest BCUT2D eigenvalue weighted by Gasteiger charge is 2.50. The minimum absolute atomic E-state index is 0.391. The number of rotatable bonds is 2. The van der Waals surface area contributed by atoms with Crippen LogP contribution in [-0.2, 0) is 5.41 Å². The fourth-order valence-corrected chi connectivity index (χ4v) is 4.71. The number of hydrogen-bond acceptors (Lipinski definition) is 1. The first-order valence-electron chi connectivity index (χ1n) is 9.29. The Morgan fingerprint density at radius 3 is 1.93 bits per heavy atom. The third-order valence-corrected chi connectivity index (χ3v) is 5.65. The van der Waals surface area contributed by atoms with Gasteiger partial charge in [0.25, 0.3) is 0 Å². The summed E-state index contributed by atoms with van der Waals surface area (Å²) < 4.78 is 6.27. The van der Waals surface area contributed by atoms with E-state index in [1.54, 1.807) is 0 Å². The molecule has 1 aliphatic heterocycles. The van der Waals surface area contributed by atoms with Crippen LogP contribution in [0.3, 0.4) is 0 Å². The maximum Gasteiger partial charge on any atom is 0.132 e. The Morgan fingerprint density at radius 2 is 1.33 bits per heavy atom. The van der Waals surface area contributed by atoms with Crippen LogP contribution in [-0.4, -0.2) is 0 Å². The largest absolute Gasteiger partial charge is 0.457 e. The summed E-state index contributed by atoms with van der Waals surface area (Å²) >= 11 is 0. The molecule has 0 fully saturated rings. The average molecular weight is 348 g/mol. The van der Waals surface area contributed by atoms with Crippen LogP contribution in [0.2, 0.25) is 0 Å². The molecule has 1 aliphatic carbocycles. The SMILES string of the molecule is C=CC1=C(/C=C\C)C2(c3ccccc3O1)c1ccccc1-c1ccccc12. The molecule has 5 rings (SSSR count). The van der Waals surface area contributed by atoms with Gasteiger partial charge in [0.2, 0.25) is 0 Å². The first-order valence-corrected chi connectivity index (χ1v) is 9.29. The highest BCUT2D eigenvalue weighted by atomic mass is 16.5. The summed E-state index contributed by atoms with van der Waals surface area (Å²) in [7, 11) is 0. The molecule has 0 saturated carbocycles. The van der Waals surface area contributed by atoms with Gasteiger partial charge in [-0.25, -0.2) is 0 Å². The second-order valence-corrected chi connectivity index (χ2v) is 6.92. The van der Waals surface area contributed by atoms with E-state index in [4.69, 9.17) is 4.74 Å². The third-order valence-electron chi connectivity index (χ3n) is 5.65. The number of benzene rings is 3. The van der Waals surface area contributed by atoms with Gasteiger partial charge in [0.05, 0.1) is 5.41 Å². The average Bonchev–Trinajstić information content (AvgIpc) is 3.02. The van der Waals surface area contributed by atoms with E-state index in [0.717, 1.165) is 17.1 Å². The third kappa shape index (κ3) is 1.94. The first kappa shape index (κ1) is 15.9. The molecular formula is C26H20O. The molecule has 1 nitrogen and oxygen atoms in total. The highest BCUT2D eigenvalue weighted by Crippen LogP contribution is 2.60. The van der Waals surface area contributed by atoms with Gasteiger partial charge in [-0.15, -0.1) is 0 Å². The van der Waals surface area contributed by atoms with Crippen molar-refractivity contribution in [3.63, 3.8) is 0 Å². The molecule has 1 heteroatoms. The van der Waals surface area contributed by atoms with Crippen molar-refractivity contribution in [2.45, 2.75) is 12.3 Å². The minimum Gasteiger partial charge on any atom is -0.457 e. The van der Waals surface area contributed by atoms with Crippen molar-refractivity contribution in [3.8, 4) is 16.9 Å². The molecule has 0 unspecified atom stereocenters. The van der Waals surface area contributed by atoms with Gasteiger partial charge >= 0.3 is 0 Å². The Bertz CT molecular complexity index is 1080. The van der Waals surface area contributed by atoms with Crippen LogP contribution in [0.4, 0.5) is 0 Å². The van der Waals surface area contributed by atoms with Crippen molar-refractivity contribution < 1.29 is 4.74 Å². The summed E-state index contributed by atoms with van der Waals surface area (Å²) in [6.45, 7) is 6.09. The van der Waals surface area contributed by atoms with Crippen molar-refractivity contribution in [2.75, 3.05) is 0 Å². The summed E-state index contributed by atoms with van der Waals surface area (Å²) in [5.74, 6) is 1.71. The molecule has 0 aromatic heterocycles. The number of allylic oxidation sites excluding steroid dienone is 4. The Labute approximate surface area is 159 Å². The van der Waals surface area contributed by atoms with Crippen LogP contribution in [0.5, 0.6) is 5.75 Å². The molecule has 0 N–H and O–H groups in total. The van der Waals surface area contributed by atoms with Gasteiger partial charge in [-0.3, -0.25) is 0 Å². The Morgan fingerprint density at radius 1 is 0.778 bits per heavy atom. The standard InChI is InChI=1S/C26H20O/c1-3-11-22-24(4-2)27-25-17-10-9-16-23(25)26(22)20-14-7-5-12-18(20)19-13-6-8-15-21(19)26/h3-17H,2H2,1H3/b11-3-. The van der Waals surface area contributed by atoms with Crippen LogP contribution in [0.25, 0.3) is 11.1 Å². The zero-order valence-corrected chi connectivity index (χ0v) is 15.3. The topological polar surface area (TPSA) is 9.23 Å². The van der Waals surface area contributed by atoms with E-state index in [9.17, 15) is 0 Å². The Hall–Kier alpha value is -3.32. The lowest BCUT2D eigenvalue weighted by Gasteiger charge is -2.39. The van der Waals surface area contributed by atoms with Crippen molar-refractivity contribution in [1.82, 2.24) is 0 Å². The lowest BCUT2D eigenvalue weighted by atomic mass is 9.65. The minimum atomic E-state index is -0.391. The summed E-state index contributed by atoms with van der Waals surface area (Å²) in [6, 6.07) is 25.8. The van der Waals surface area contributed by atoms with Crippen molar-refractivity contribution in [1.29, 1.82) is 0 Å². The summed E-state index contributed by atoms with van der Waals surface area (Å²) in [5, 5.41) is 0. The van der Waals surface area contributed by atoms with E-state index in [1.165, 1.54) is 27.8 Å². The van der Waals surface area contributed by atoms with Crippen LogP contribution < -0.4 is 4.74 Å². The maximum atomic E-state index is 6.27. The van der Waals surface area contributed by atoms with Crippen molar-refractivity contribution in [3.05, 3.63) is 126 Å². The molecule has 1 spiro atoms. The molecule has 0 atom stereocenters. The normalized spacial score (nSPS) is 16.0. The highest BCUT2D eigenvalue weighted by molar-refractivity contribution is 5.88. The van der Waals surface area contributed by atoms with Crippen LogP contribution >= 0.6 is 0 Å². The predicted molar refractivity (Wildman–Crippen MR) is 111 cm³/mol. The van der Waals surface area contributed by atoms with E-state index in [0.29, 0.717) is 0 Å². The van der Waals surface area contributed by atoms with Crippen LogP contribution in [0.1, 0.15) is 23.6 Å². The lowest BCUT2D eigenvalue weighted by Crippen LogP contribution is -2.34. The van der Waals surface area contributed by atoms with Crippen molar-refractivity contribution >= 4 is 0 Å². The molecule has 1 heterocycles. The van der Waals surface area contributed by atoms with Gasteiger partial charge < -0.3 is 4.74 Å². The fourth-order valence-electron chi connectivity index (χ4n) is 4.71. The molecule has 27 heavy (non-hydrogen) atoms. The van der Waals surface area contributed by atoms with E-state index >= 15 is 0 Å². The van der Waals surface area contributed by atoms with E-state index in [2.05, 4.69) is 92.4 Å². The van der Waals surface area contributed by atoms with Gasteiger partial charge in [-0.2, -0.15) is 0 Å². The van der Waals surface area contributed by atoms with Crippen LogP contribution in [0.15, 0.2) is 109 Å². The zero-order valence-electron chi connectivity index (χ0n) is 15.3. The molecule has 0 saturated heterocycles. The van der Waals surface area contributed by atoms with Gasteiger partial charge in [-0.05, 0) is 41.3 Å². The number of fused-ring (bicyclic) bond motifs is 7. The number of ether oxygens (including phenoxy) is 1. The second-order valence-electron chi connectivity index (χ2n) is 6.92. The van der Waals surface area contributed by atoms with E-state index in [-0.39, 0.29) is 0 Å². The fraction of sp³-hybridized carbons (Fsp3) is 0.0769. The van der Waals surface area contributed by atoms with Gasteiger partial charge in [0.1, 0.15) is 11.5 Å². The molecule has 3 aromatic rings. The number of para-hydroxylation sites is 1. The quantitative estimate of drug-likeness (QED) is 0.520. The smallest absolute Gasteiger partial charge is 0.132 e. The summed E-state index contributed by atoms with van der Waals surface area (Å²) in [6.07, 6.45) is 6.09. The summed E-state index contributed by atoms with van der Waals surface area (Å²) in [5.41, 5.74) is 7.10. The number of hydrogen-bond donors (Lipinski definition) is 0. The molecule has 0 radical (unpaired) electrons. The Balaban J connectivity index is 2.03. The van der Waals surface area contributed by atoms with E-state index < -0.39 is 5.41 Å².